The molecule has 0 aliphatic carbocycles. The highest BCUT2D eigenvalue weighted by molar-refractivity contribution is 9.11. The van der Waals surface area contributed by atoms with Gasteiger partial charge in [-0.05, 0) is 64.6 Å². The van der Waals surface area contributed by atoms with E-state index in [0.29, 0.717) is 19.3 Å². The van der Waals surface area contributed by atoms with E-state index in [0.717, 1.165) is 20.8 Å². The van der Waals surface area contributed by atoms with Crippen LogP contribution >= 0.6 is 27.3 Å². The van der Waals surface area contributed by atoms with E-state index in [1.807, 2.05) is 26.2 Å². The molecule has 1 aliphatic heterocycles. The lowest BCUT2D eigenvalue weighted by molar-refractivity contribution is -0.148. The normalized spacial score (nSPS) is 24.3. The van der Waals surface area contributed by atoms with Gasteiger partial charge in [-0.1, -0.05) is 34.3 Å². The monoisotopic (exact) mass is 608 g/mol. The molecular formula is C28H37BrN2O6S. The molecule has 0 saturated heterocycles. The number of hydrogen-bond donors (Lipinski definition) is 1. The number of nitrogens with zero attached hydrogens (tertiary/aromatic N) is 1. The second kappa shape index (κ2) is 14.5. The molecule has 0 radical (unpaired) electrons. The SMILES string of the molecule is CC(Br)=C[C@@H]1Cc2nc(cs2)[C@@H](C)CC(NC(=O)OC(C)(C)C)CC(=O)O[C@@H](C)CC(C)=CC#CC(=O)O1. The van der Waals surface area contributed by atoms with E-state index >= 15 is 0 Å². The van der Waals surface area contributed by atoms with Crippen molar-refractivity contribution in [2.75, 3.05) is 0 Å². The molecule has 1 aliphatic rings. The van der Waals surface area contributed by atoms with Crippen LogP contribution in [0, 0.1) is 11.8 Å². The molecular weight excluding hydrogens is 572 g/mol. The number of esters is 2. The largest absolute Gasteiger partial charge is 0.462 e. The van der Waals surface area contributed by atoms with Gasteiger partial charge in [0.2, 0.25) is 0 Å². The molecule has 1 N–H and O–H groups in total. The van der Waals surface area contributed by atoms with Crippen molar-refractivity contribution >= 4 is 45.3 Å². The van der Waals surface area contributed by atoms with Crippen molar-refractivity contribution in [1.82, 2.24) is 10.3 Å². The van der Waals surface area contributed by atoms with Crippen molar-refractivity contribution in [3.05, 3.63) is 38.3 Å². The van der Waals surface area contributed by atoms with Gasteiger partial charge < -0.3 is 19.5 Å². The number of thiazole rings is 1. The maximum atomic E-state index is 12.8. The fraction of sp³-hybridized carbons (Fsp3) is 0.571. The Bertz CT molecular complexity index is 1120. The van der Waals surface area contributed by atoms with Gasteiger partial charge in [-0.15, -0.1) is 11.3 Å². The van der Waals surface area contributed by atoms with Gasteiger partial charge >= 0.3 is 18.0 Å². The third-order valence-corrected chi connectivity index (χ3v) is 6.48. The van der Waals surface area contributed by atoms with Crippen LogP contribution in [0.15, 0.2) is 27.6 Å². The third kappa shape index (κ3) is 12.3. The molecule has 2 heterocycles. The first kappa shape index (κ1) is 31.6. The molecule has 2 rings (SSSR count). The van der Waals surface area contributed by atoms with Crippen molar-refractivity contribution in [3.8, 4) is 11.8 Å². The van der Waals surface area contributed by atoms with Crippen LogP contribution in [-0.4, -0.2) is 46.9 Å². The summed E-state index contributed by atoms with van der Waals surface area (Å²) in [6.45, 7) is 12.8. The van der Waals surface area contributed by atoms with Crippen LogP contribution in [-0.2, 0) is 30.2 Å². The molecule has 1 aromatic heterocycles. The second-order valence-electron chi connectivity index (χ2n) is 10.5. The van der Waals surface area contributed by atoms with Gasteiger partial charge in [0.1, 0.15) is 17.8 Å². The summed E-state index contributed by atoms with van der Waals surface area (Å²) < 4.78 is 17.4. The number of allylic oxidation sites excluding steroid dienone is 2. The summed E-state index contributed by atoms with van der Waals surface area (Å²) in [4.78, 5) is 42.4. The molecule has 1 unspecified atom stereocenters. The standard InChI is InChI=1S/C28H37BrN2O6S/c1-17-9-8-10-25(32)36-22(13-19(3)29)15-24-31-23(16-38-24)18(2)12-21(14-26(33)35-20(4)11-17)30-27(34)37-28(5,6)7/h9,13,16,18,20-22H,11-12,14-15H2,1-7H3,(H,30,34)/t18-,20-,21?,22+/m0/s1. The molecule has 0 aromatic carbocycles. The number of aromatic nitrogens is 1. The van der Waals surface area contributed by atoms with Crippen LogP contribution in [0.1, 0.15) is 84.3 Å². The minimum atomic E-state index is -0.669. The van der Waals surface area contributed by atoms with Crippen LogP contribution in [0.5, 0.6) is 0 Å². The van der Waals surface area contributed by atoms with Crippen LogP contribution in [0.25, 0.3) is 0 Å². The number of carbonyl (C=O) groups is 3. The third-order valence-electron chi connectivity index (χ3n) is 5.33. The first-order valence-corrected chi connectivity index (χ1v) is 14.2. The zero-order valence-electron chi connectivity index (χ0n) is 23.1. The predicted octanol–water partition coefficient (Wildman–Crippen LogP) is 5.96. The Morgan fingerprint density at radius 1 is 1.24 bits per heavy atom. The highest BCUT2D eigenvalue weighted by Crippen LogP contribution is 2.26. The van der Waals surface area contributed by atoms with E-state index in [1.165, 1.54) is 11.3 Å². The lowest BCUT2D eigenvalue weighted by atomic mass is 9.97. The Morgan fingerprint density at radius 3 is 2.61 bits per heavy atom. The lowest BCUT2D eigenvalue weighted by Gasteiger charge is -2.25. The number of nitrogens with one attached hydrogen (secondary N) is 1. The van der Waals surface area contributed by atoms with Gasteiger partial charge in [0.05, 0.1) is 17.1 Å². The van der Waals surface area contributed by atoms with Crippen molar-refractivity contribution in [1.29, 1.82) is 0 Å². The Balaban J connectivity index is 2.35. The van der Waals surface area contributed by atoms with E-state index < -0.39 is 41.9 Å². The molecule has 10 heteroatoms. The molecule has 8 nitrogen and oxygen atoms in total. The van der Waals surface area contributed by atoms with Crippen LogP contribution in [0.2, 0.25) is 0 Å². The topological polar surface area (TPSA) is 104 Å². The molecule has 1 amide bonds. The molecule has 38 heavy (non-hydrogen) atoms. The summed E-state index contributed by atoms with van der Waals surface area (Å²) in [6.07, 6.45) is 3.17. The fourth-order valence-corrected chi connectivity index (χ4v) is 5.09. The van der Waals surface area contributed by atoms with Gasteiger partial charge in [0, 0.05) is 36.1 Å². The van der Waals surface area contributed by atoms with E-state index in [-0.39, 0.29) is 12.3 Å². The second-order valence-corrected chi connectivity index (χ2v) is 12.7. The number of alkyl carbamates (subject to hydrolysis) is 1. The quantitative estimate of drug-likeness (QED) is 0.191. The minimum Gasteiger partial charge on any atom is -0.462 e. The summed E-state index contributed by atoms with van der Waals surface area (Å²) in [7, 11) is 0. The number of rotatable bonds is 2. The van der Waals surface area contributed by atoms with E-state index in [9.17, 15) is 14.4 Å². The molecule has 4 atom stereocenters. The van der Waals surface area contributed by atoms with Crippen molar-refractivity contribution in [2.45, 2.75) is 104 Å². The van der Waals surface area contributed by atoms with Gasteiger partial charge in [-0.25, -0.2) is 14.6 Å². The van der Waals surface area contributed by atoms with Crippen molar-refractivity contribution < 1.29 is 28.6 Å². The number of hydrogen-bond acceptors (Lipinski definition) is 8. The maximum absolute atomic E-state index is 12.8. The number of cyclic esters (lactones) is 2. The molecule has 1 aromatic rings. The smallest absolute Gasteiger partial charge is 0.407 e. The van der Waals surface area contributed by atoms with Gasteiger partial charge in [0.25, 0.3) is 0 Å². The van der Waals surface area contributed by atoms with E-state index in [4.69, 9.17) is 19.2 Å². The molecule has 0 fully saturated rings. The zero-order valence-corrected chi connectivity index (χ0v) is 25.5. The van der Waals surface area contributed by atoms with Gasteiger partial charge in [0.15, 0.2) is 0 Å². The average Bonchev–Trinajstić information content (AvgIpc) is 3.19. The highest BCUT2D eigenvalue weighted by atomic mass is 79.9. The first-order chi connectivity index (χ1) is 17.7. The highest BCUT2D eigenvalue weighted by Gasteiger charge is 2.26. The Hall–Kier alpha value is -2.64. The zero-order chi connectivity index (χ0) is 28.5. The molecule has 208 valence electrons. The van der Waals surface area contributed by atoms with Crippen molar-refractivity contribution in [2.24, 2.45) is 0 Å². The summed E-state index contributed by atoms with van der Waals surface area (Å²) >= 11 is 4.87. The molecule has 2 bridgehead atoms. The molecule has 0 spiro atoms. The summed E-state index contributed by atoms with van der Waals surface area (Å²) in [6, 6.07) is -0.512. The maximum Gasteiger partial charge on any atom is 0.407 e. The predicted molar refractivity (Wildman–Crippen MR) is 151 cm³/mol. The minimum absolute atomic E-state index is 0.00672. The van der Waals surface area contributed by atoms with Crippen LogP contribution in [0.3, 0.4) is 0 Å². The lowest BCUT2D eigenvalue weighted by Crippen LogP contribution is -2.41. The Kier molecular flexibility index (Phi) is 12.0. The Labute approximate surface area is 237 Å². The number of carbonyl (C=O) groups excluding carboxylic acids is 3. The number of amides is 1. The average molecular weight is 610 g/mol. The van der Waals surface area contributed by atoms with E-state index in [2.05, 4.69) is 33.1 Å². The number of ether oxygens (including phenoxy) is 3. The van der Waals surface area contributed by atoms with Crippen LogP contribution < -0.4 is 5.32 Å². The first-order valence-electron chi connectivity index (χ1n) is 12.5. The van der Waals surface area contributed by atoms with Crippen molar-refractivity contribution in [3.63, 3.8) is 0 Å². The van der Waals surface area contributed by atoms with Crippen LogP contribution in [0.4, 0.5) is 4.79 Å². The van der Waals surface area contributed by atoms with Gasteiger partial charge in [-0.3, -0.25) is 4.79 Å². The summed E-state index contributed by atoms with van der Waals surface area (Å²) in [5, 5.41) is 5.57. The fourth-order valence-electron chi connectivity index (χ4n) is 3.84. The number of fused-ring (bicyclic) bond motifs is 2. The van der Waals surface area contributed by atoms with E-state index in [1.54, 1.807) is 39.8 Å². The van der Waals surface area contributed by atoms with Gasteiger partial charge in [-0.2, -0.15) is 0 Å². The Morgan fingerprint density at radius 2 is 1.95 bits per heavy atom. The summed E-state index contributed by atoms with van der Waals surface area (Å²) in [5.41, 5.74) is 1.01. The summed E-state index contributed by atoms with van der Waals surface area (Å²) in [5.74, 6) is 4.08. The number of halogens is 1. The molecule has 0 saturated carbocycles.